The molecule has 5 aromatic rings. The molecule has 156 valence electrons. The standard InChI is InChI=1S/C27H23N5/c28-27(16-7-17-27)21-14-12-20(13-15-21)26-31-25-23(32(26)22-10-5-2-6-11-22)18-29-24(30-25)19-8-3-1-4-9-19/h1-6,8-15,18H,7,16-17,28H2. The van der Waals surface area contributed by atoms with Crippen LogP contribution in [0.1, 0.15) is 24.8 Å². The summed E-state index contributed by atoms with van der Waals surface area (Å²) < 4.78 is 2.13. The fourth-order valence-electron chi connectivity index (χ4n) is 4.43. The molecule has 1 fully saturated rings. The number of hydrogen-bond acceptors (Lipinski definition) is 4. The van der Waals surface area contributed by atoms with Crippen LogP contribution in [-0.4, -0.2) is 19.5 Å². The first kappa shape index (κ1) is 18.9. The molecule has 5 heteroatoms. The molecular weight excluding hydrogens is 394 g/mol. The molecule has 2 aromatic heterocycles. The topological polar surface area (TPSA) is 69.6 Å². The Kier molecular flexibility index (Phi) is 4.37. The summed E-state index contributed by atoms with van der Waals surface area (Å²) in [6.45, 7) is 0. The molecule has 2 N–H and O–H groups in total. The van der Waals surface area contributed by atoms with Gasteiger partial charge in [-0.05, 0) is 37.0 Å². The fourth-order valence-corrected chi connectivity index (χ4v) is 4.43. The van der Waals surface area contributed by atoms with Crippen molar-refractivity contribution in [3.05, 3.63) is 96.7 Å². The minimum atomic E-state index is -0.172. The van der Waals surface area contributed by atoms with E-state index in [1.807, 2.05) is 54.7 Å². The van der Waals surface area contributed by atoms with E-state index in [0.29, 0.717) is 11.5 Å². The molecule has 0 unspecified atom stereocenters. The van der Waals surface area contributed by atoms with Gasteiger partial charge in [-0.25, -0.2) is 15.0 Å². The third-order valence-corrected chi connectivity index (χ3v) is 6.42. The van der Waals surface area contributed by atoms with Crippen LogP contribution in [0.4, 0.5) is 0 Å². The molecule has 0 radical (unpaired) electrons. The van der Waals surface area contributed by atoms with Crippen LogP contribution in [0.5, 0.6) is 0 Å². The van der Waals surface area contributed by atoms with E-state index in [1.54, 1.807) is 0 Å². The number of benzene rings is 3. The van der Waals surface area contributed by atoms with Gasteiger partial charge in [0.1, 0.15) is 11.3 Å². The number of imidazole rings is 1. The third-order valence-electron chi connectivity index (χ3n) is 6.42. The van der Waals surface area contributed by atoms with Crippen LogP contribution in [-0.2, 0) is 5.54 Å². The van der Waals surface area contributed by atoms with Crippen molar-refractivity contribution in [1.82, 2.24) is 19.5 Å². The first-order valence-corrected chi connectivity index (χ1v) is 11.0. The van der Waals surface area contributed by atoms with E-state index in [-0.39, 0.29) is 5.54 Å². The lowest BCUT2D eigenvalue weighted by Crippen LogP contribution is -2.43. The third kappa shape index (κ3) is 3.10. The minimum absolute atomic E-state index is 0.172. The van der Waals surface area contributed by atoms with Crippen molar-refractivity contribution in [2.24, 2.45) is 5.73 Å². The molecule has 2 heterocycles. The van der Waals surface area contributed by atoms with Gasteiger partial charge in [0.25, 0.3) is 0 Å². The van der Waals surface area contributed by atoms with Crippen molar-refractivity contribution < 1.29 is 0 Å². The molecule has 32 heavy (non-hydrogen) atoms. The molecule has 1 saturated carbocycles. The lowest BCUT2D eigenvalue weighted by Gasteiger charge is -2.38. The number of nitrogens with two attached hydrogens (primary N) is 1. The summed E-state index contributed by atoms with van der Waals surface area (Å²) in [5.74, 6) is 1.52. The number of para-hydroxylation sites is 1. The van der Waals surface area contributed by atoms with Crippen LogP contribution in [0.3, 0.4) is 0 Å². The van der Waals surface area contributed by atoms with Gasteiger partial charge >= 0.3 is 0 Å². The summed E-state index contributed by atoms with van der Waals surface area (Å²) in [4.78, 5) is 14.4. The molecule has 1 aliphatic rings. The maximum atomic E-state index is 6.53. The number of nitrogens with zero attached hydrogens (tertiary/aromatic N) is 4. The molecule has 3 aromatic carbocycles. The Morgan fingerprint density at radius 1 is 0.750 bits per heavy atom. The second-order valence-electron chi connectivity index (χ2n) is 8.46. The summed E-state index contributed by atoms with van der Waals surface area (Å²) in [6, 6.07) is 28.7. The summed E-state index contributed by atoms with van der Waals surface area (Å²) in [7, 11) is 0. The maximum Gasteiger partial charge on any atom is 0.182 e. The second-order valence-corrected chi connectivity index (χ2v) is 8.46. The molecule has 0 bridgehead atoms. The Morgan fingerprint density at radius 3 is 2.09 bits per heavy atom. The van der Waals surface area contributed by atoms with Crippen LogP contribution in [0.25, 0.3) is 39.6 Å². The first-order valence-electron chi connectivity index (χ1n) is 11.0. The summed E-state index contributed by atoms with van der Waals surface area (Å²) in [5.41, 5.74) is 12.1. The Bertz CT molecular complexity index is 1390. The molecule has 6 rings (SSSR count). The van der Waals surface area contributed by atoms with E-state index in [1.165, 1.54) is 12.0 Å². The molecule has 1 aliphatic carbocycles. The van der Waals surface area contributed by atoms with Gasteiger partial charge in [-0.3, -0.25) is 4.57 Å². The Hall–Kier alpha value is -3.83. The number of rotatable bonds is 4. The van der Waals surface area contributed by atoms with Crippen LogP contribution in [0.15, 0.2) is 91.1 Å². The van der Waals surface area contributed by atoms with Crippen molar-refractivity contribution >= 4 is 11.2 Å². The quantitative estimate of drug-likeness (QED) is 0.420. The molecule has 0 atom stereocenters. The van der Waals surface area contributed by atoms with Gasteiger partial charge in [0.2, 0.25) is 0 Å². The summed E-state index contributed by atoms with van der Waals surface area (Å²) in [6.07, 6.45) is 5.16. The van der Waals surface area contributed by atoms with Crippen LogP contribution >= 0.6 is 0 Å². The van der Waals surface area contributed by atoms with E-state index < -0.39 is 0 Å². The predicted molar refractivity (Wildman–Crippen MR) is 127 cm³/mol. The van der Waals surface area contributed by atoms with Crippen LogP contribution < -0.4 is 5.73 Å². The highest BCUT2D eigenvalue weighted by atomic mass is 15.1. The number of aromatic nitrogens is 4. The van der Waals surface area contributed by atoms with Crippen LogP contribution in [0.2, 0.25) is 0 Å². The number of hydrogen-bond donors (Lipinski definition) is 1. The Labute approximate surface area is 186 Å². The normalized spacial score (nSPS) is 14.9. The maximum absolute atomic E-state index is 6.53. The minimum Gasteiger partial charge on any atom is -0.321 e. The number of fused-ring (bicyclic) bond motifs is 1. The highest BCUT2D eigenvalue weighted by Gasteiger charge is 2.34. The average molecular weight is 418 g/mol. The van der Waals surface area contributed by atoms with Gasteiger partial charge in [0.05, 0.1) is 6.20 Å². The predicted octanol–water partition coefficient (Wildman–Crippen LogP) is 5.49. The van der Waals surface area contributed by atoms with E-state index >= 15 is 0 Å². The largest absolute Gasteiger partial charge is 0.321 e. The summed E-state index contributed by atoms with van der Waals surface area (Å²) in [5, 5.41) is 0. The van der Waals surface area contributed by atoms with E-state index in [4.69, 9.17) is 15.7 Å². The summed E-state index contributed by atoms with van der Waals surface area (Å²) >= 11 is 0. The Morgan fingerprint density at radius 2 is 1.44 bits per heavy atom. The molecule has 0 spiro atoms. The van der Waals surface area contributed by atoms with Gasteiger partial charge in [-0.2, -0.15) is 0 Å². The van der Waals surface area contributed by atoms with Gasteiger partial charge in [0.15, 0.2) is 11.5 Å². The highest BCUT2D eigenvalue weighted by Crippen LogP contribution is 2.39. The molecule has 0 saturated heterocycles. The lowest BCUT2D eigenvalue weighted by atomic mass is 9.73. The molecule has 5 nitrogen and oxygen atoms in total. The van der Waals surface area contributed by atoms with Crippen molar-refractivity contribution in [1.29, 1.82) is 0 Å². The first-order chi connectivity index (χ1) is 15.7. The second kappa shape index (κ2) is 7.39. The van der Waals surface area contributed by atoms with Crippen molar-refractivity contribution in [3.63, 3.8) is 0 Å². The van der Waals surface area contributed by atoms with E-state index in [0.717, 1.165) is 41.0 Å². The fraction of sp³-hybridized carbons (Fsp3) is 0.148. The van der Waals surface area contributed by atoms with Crippen LogP contribution in [0, 0.1) is 0 Å². The zero-order chi connectivity index (χ0) is 21.5. The SMILES string of the molecule is NC1(c2ccc(-c3nc4nc(-c5ccccc5)ncc4n3-c3ccccc3)cc2)CCC1. The van der Waals surface area contributed by atoms with Gasteiger partial charge in [-0.1, -0.05) is 72.8 Å². The zero-order valence-corrected chi connectivity index (χ0v) is 17.6. The van der Waals surface area contributed by atoms with Gasteiger partial charge in [0, 0.05) is 22.4 Å². The van der Waals surface area contributed by atoms with Gasteiger partial charge in [-0.15, -0.1) is 0 Å². The molecule has 0 amide bonds. The van der Waals surface area contributed by atoms with Crippen molar-refractivity contribution in [2.75, 3.05) is 0 Å². The highest BCUT2D eigenvalue weighted by molar-refractivity contribution is 5.81. The smallest absolute Gasteiger partial charge is 0.182 e. The zero-order valence-electron chi connectivity index (χ0n) is 17.6. The van der Waals surface area contributed by atoms with Crippen molar-refractivity contribution in [3.8, 4) is 28.5 Å². The lowest BCUT2D eigenvalue weighted by molar-refractivity contribution is 0.253. The van der Waals surface area contributed by atoms with Gasteiger partial charge < -0.3 is 5.73 Å². The van der Waals surface area contributed by atoms with E-state index in [9.17, 15) is 0 Å². The van der Waals surface area contributed by atoms with Crippen molar-refractivity contribution in [2.45, 2.75) is 24.8 Å². The Balaban J connectivity index is 1.51. The molecule has 0 aliphatic heterocycles. The monoisotopic (exact) mass is 417 g/mol. The molecular formula is C27H23N5. The van der Waals surface area contributed by atoms with E-state index in [2.05, 4.69) is 45.9 Å². The average Bonchev–Trinajstić information content (AvgIpc) is 3.22.